The molecule has 3 heterocycles. The highest BCUT2D eigenvalue weighted by Crippen LogP contribution is 2.46. The summed E-state index contributed by atoms with van der Waals surface area (Å²) >= 11 is 0. The second kappa shape index (κ2) is 8.03. The molecule has 3 atom stereocenters. The molecule has 1 aromatic rings. The average molecular weight is 383 g/mol. The van der Waals surface area contributed by atoms with Gasteiger partial charge in [0.2, 0.25) is 0 Å². The summed E-state index contributed by atoms with van der Waals surface area (Å²) in [4.78, 5) is 34.9. The van der Waals surface area contributed by atoms with Gasteiger partial charge in [-0.2, -0.15) is 0 Å². The SMILES string of the molecule is CCN(CC)CCN1C(=O)C2=C(C(=O)C3CCCCC3O2)C1c1ccncc1. The van der Waals surface area contributed by atoms with Gasteiger partial charge in [0.15, 0.2) is 11.5 Å². The molecule has 1 fully saturated rings. The molecule has 0 spiro atoms. The number of hydrogen-bond donors (Lipinski definition) is 0. The van der Waals surface area contributed by atoms with Crippen LogP contribution in [0.1, 0.15) is 51.1 Å². The number of likely N-dealkylation sites (N-methyl/N-ethyl adjacent to an activating group) is 1. The topological polar surface area (TPSA) is 62.7 Å². The molecule has 6 nitrogen and oxygen atoms in total. The normalized spacial score (nSPS) is 27.1. The van der Waals surface area contributed by atoms with Gasteiger partial charge in [-0.25, -0.2) is 0 Å². The molecule has 150 valence electrons. The molecule has 1 saturated carbocycles. The van der Waals surface area contributed by atoms with Crippen LogP contribution < -0.4 is 0 Å². The molecule has 3 unspecified atom stereocenters. The zero-order valence-corrected chi connectivity index (χ0v) is 16.8. The number of aromatic nitrogens is 1. The number of carbonyl (C=O) groups excluding carboxylic acids is 2. The van der Waals surface area contributed by atoms with Crippen molar-refractivity contribution in [3.63, 3.8) is 0 Å². The molecule has 1 amide bonds. The number of Topliss-reactive ketones (excluding diaryl/α,β-unsaturated/α-hetero) is 1. The molecule has 0 aromatic carbocycles. The molecule has 4 rings (SSSR count). The third-order valence-corrected chi connectivity index (χ3v) is 6.43. The Balaban J connectivity index is 1.69. The van der Waals surface area contributed by atoms with E-state index < -0.39 is 0 Å². The van der Waals surface area contributed by atoms with Gasteiger partial charge in [-0.3, -0.25) is 14.6 Å². The number of pyridine rings is 1. The van der Waals surface area contributed by atoms with Crippen LogP contribution in [-0.4, -0.2) is 58.8 Å². The van der Waals surface area contributed by atoms with E-state index in [-0.39, 0.29) is 29.8 Å². The quantitative estimate of drug-likeness (QED) is 0.756. The molecule has 28 heavy (non-hydrogen) atoms. The second-order valence-electron chi connectivity index (χ2n) is 7.86. The number of amides is 1. The standard InChI is InChI=1S/C22H29N3O3/c1-3-24(4-2)13-14-25-19(15-9-11-23-12-10-15)18-20(26)16-7-5-6-8-17(16)28-21(18)22(25)27/h9-12,16-17,19H,3-8,13-14H2,1-2H3. The van der Waals surface area contributed by atoms with Gasteiger partial charge >= 0.3 is 0 Å². The van der Waals surface area contributed by atoms with E-state index in [0.29, 0.717) is 17.9 Å². The van der Waals surface area contributed by atoms with Crippen molar-refractivity contribution in [2.24, 2.45) is 5.92 Å². The maximum atomic E-state index is 13.4. The van der Waals surface area contributed by atoms with Crippen molar-refractivity contribution >= 4 is 11.7 Å². The van der Waals surface area contributed by atoms with E-state index in [0.717, 1.165) is 50.9 Å². The van der Waals surface area contributed by atoms with Crippen molar-refractivity contribution in [3.05, 3.63) is 41.4 Å². The molecular weight excluding hydrogens is 354 g/mol. The zero-order valence-electron chi connectivity index (χ0n) is 16.8. The van der Waals surface area contributed by atoms with Crippen molar-refractivity contribution in [2.45, 2.75) is 51.7 Å². The molecule has 0 bridgehead atoms. The lowest BCUT2D eigenvalue weighted by Gasteiger charge is -2.35. The molecule has 0 N–H and O–H groups in total. The van der Waals surface area contributed by atoms with Crippen LogP contribution in [0, 0.1) is 5.92 Å². The van der Waals surface area contributed by atoms with Gasteiger partial charge < -0.3 is 14.5 Å². The Morgan fingerprint density at radius 1 is 1.14 bits per heavy atom. The summed E-state index contributed by atoms with van der Waals surface area (Å²) in [6, 6.07) is 3.44. The molecule has 6 heteroatoms. The maximum Gasteiger partial charge on any atom is 0.290 e. The Morgan fingerprint density at radius 3 is 2.57 bits per heavy atom. The number of nitrogens with zero attached hydrogens (tertiary/aromatic N) is 3. The van der Waals surface area contributed by atoms with Crippen LogP contribution in [0.25, 0.3) is 0 Å². The van der Waals surface area contributed by atoms with Gasteiger partial charge in [-0.05, 0) is 50.0 Å². The third kappa shape index (κ3) is 3.24. The Labute approximate surface area is 166 Å². The minimum atomic E-state index is -0.364. The number of carbonyl (C=O) groups is 2. The predicted molar refractivity (Wildman–Crippen MR) is 105 cm³/mol. The first-order chi connectivity index (χ1) is 13.7. The van der Waals surface area contributed by atoms with Gasteiger partial charge in [0.05, 0.1) is 17.5 Å². The summed E-state index contributed by atoms with van der Waals surface area (Å²) in [6.45, 7) is 7.47. The summed E-state index contributed by atoms with van der Waals surface area (Å²) in [6.07, 6.45) is 7.14. The fourth-order valence-electron chi connectivity index (χ4n) is 4.80. The van der Waals surface area contributed by atoms with Gasteiger partial charge in [-0.15, -0.1) is 0 Å². The summed E-state index contributed by atoms with van der Waals surface area (Å²) in [5.41, 5.74) is 1.50. The summed E-state index contributed by atoms with van der Waals surface area (Å²) in [5.74, 6) is 0.176. The Bertz CT molecular complexity index is 772. The van der Waals surface area contributed by atoms with Crippen LogP contribution in [0.3, 0.4) is 0 Å². The Hall–Kier alpha value is -2.21. The van der Waals surface area contributed by atoms with E-state index in [1.165, 1.54) is 0 Å². The highest BCUT2D eigenvalue weighted by molar-refractivity contribution is 6.11. The van der Waals surface area contributed by atoms with Crippen molar-refractivity contribution in [1.29, 1.82) is 0 Å². The number of ketones is 1. The van der Waals surface area contributed by atoms with Gasteiger partial charge in [0, 0.05) is 25.5 Å². The van der Waals surface area contributed by atoms with E-state index in [2.05, 4.69) is 23.7 Å². The first-order valence-electron chi connectivity index (χ1n) is 10.5. The molecule has 2 aliphatic heterocycles. The van der Waals surface area contributed by atoms with Crippen molar-refractivity contribution in [1.82, 2.24) is 14.8 Å². The monoisotopic (exact) mass is 383 g/mol. The van der Waals surface area contributed by atoms with Crippen molar-refractivity contribution < 1.29 is 14.3 Å². The highest BCUT2D eigenvalue weighted by atomic mass is 16.5. The van der Waals surface area contributed by atoms with E-state index in [1.54, 1.807) is 12.4 Å². The largest absolute Gasteiger partial charge is 0.483 e. The van der Waals surface area contributed by atoms with E-state index in [9.17, 15) is 9.59 Å². The Kier molecular flexibility index (Phi) is 5.49. The summed E-state index contributed by atoms with van der Waals surface area (Å²) < 4.78 is 6.18. The molecule has 0 saturated heterocycles. The summed E-state index contributed by atoms with van der Waals surface area (Å²) in [7, 11) is 0. The van der Waals surface area contributed by atoms with Crippen LogP contribution in [0.4, 0.5) is 0 Å². The zero-order chi connectivity index (χ0) is 19.7. The fourth-order valence-corrected chi connectivity index (χ4v) is 4.80. The molecule has 1 aromatic heterocycles. The third-order valence-electron chi connectivity index (χ3n) is 6.43. The van der Waals surface area contributed by atoms with Gasteiger partial charge in [0.25, 0.3) is 5.91 Å². The lowest BCUT2D eigenvalue weighted by atomic mass is 9.77. The Morgan fingerprint density at radius 2 is 1.86 bits per heavy atom. The van der Waals surface area contributed by atoms with Crippen LogP contribution in [-0.2, 0) is 14.3 Å². The lowest BCUT2D eigenvalue weighted by Crippen LogP contribution is -2.39. The predicted octanol–water partition coefficient (Wildman–Crippen LogP) is 2.72. The smallest absolute Gasteiger partial charge is 0.290 e. The van der Waals surface area contributed by atoms with Gasteiger partial charge in [-0.1, -0.05) is 20.3 Å². The second-order valence-corrected chi connectivity index (χ2v) is 7.86. The number of ether oxygens (including phenoxy) is 1. The minimum Gasteiger partial charge on any atom is -0.483 e. The molecule has 0 radical (unpaired) electrons. The van der Waals surface area contributed by atoms with Crippen LogP contribution in [0.5, 0.6) is 0 Å². The van der Waals surface area contributed by atoms with E-state index in [4.69, 9.17) is 4.74 Å². The van der Waals surface area contributed by atoms with Crippen LogP contribution >= 0.6 is 0 Å². The van der Waals surface area contributed by atoms with Crippen molar-refractivity contribution in [3.8, 4) is 0 Å². The van der Waals surface area contributed by atoms with Gasteiger partial charge in [0.1, 0.15) is 6.10 Å². The number of rotatable bonds is 6. The van der Waals surface area contributed by atoms with Crippen LogP contribution in [0.2, 0.25) is 0 Å². The first-order valence-corrected chi connectivity index (χ1v) is 10.5. The minimum absolute atomic E-state index is 0.104. The van der Waals surface area contributed by atoms with E-state index >= 15 is 0 Å². The first kappa shape index (κ1) is 19.1. The number of hydrogen-bond acceptors (Lipinski definition) is 5. The fraction of sp³-hybridized carbons (Fsp3) is 0.591. The summed E-state index contributed by atoms with van der Waals surface area (Å²) in [5, 5.41) is 0. The molecule has 3 aliphatic rings. The molecular formula is C22H29N3O3. The lowest BCUT2D eigenvalue weighted by molar-refractivity contribution is -0.135. The van der Waals surface area contributed by atoms with E-state index in [1.807, 2.05) is 17.0 Å². The average Bonchev–Trinajstić information content (AvgIpc) is 3.02. The maximum absolute atomic E-state index is 13.4. The van der Waals surface area contributed by atoms with Crippen LogP contribution in [0.15, 0.2) is 35.9 Å². The number of fused-ring (bicyclic) bond motifs is 1. The molecule has 1 aliphatic carbocycles. The highest BCUT2D eigenvalue weighted by Gasteiger charge is 2.51. The van der Waals surface area contributed by atoms with Crippen molar-refractivity contribution in [2.75, 3.05) is 26.2 Å².